The van der Waals surface area contributed by atoms with E-state index in [0.717, 1.165) is 21.5 Å². The molecule has 3 rings (SSSR count). The van der Waals surface area contributed by atoms with Gasteiger partial charge in [-0.3, -0.25) is 14.7 Å². The molecule has 0 saturated carbocycles. The van der Waals surface area contributed by atoms with Crippen LogP contribution in [0.25, 0.3) is 0 Å². The second-order valence-electron chi connectivity index (χ2n) is 7.37. The molecule has 1 amide bonds. The Labute approximate surface area is 164 Å². The van der Waals surface area contributed by atoms with E-state index in [2.05, 4.69) is 25.8 Å². The van der Waals surface area contributed by atoms with Gasteiger partial charge in [0.15, 0.2) is 5.17 Å². The molecular formula is C21H23ClN2OS. The summed E-state index contributed by atoms with van der Waals surface area (Å²) in [6, 6.07) is 15.7. The molecule has 1 aliphatic rings. The molecule has 0 fully saturated rings. The van der Waals surface area contributed by atoms with Crippen molar-refractivity contribution in [2.75, 3.05) is 13.1 Å². The van der Waals surface area contributed by atoms with Crippen LogP contribution < -0.4 is 0 Å². The zero-order valence-electron chi connectivity index (χ0n) is 15.3. The predicted molar refractivity (Wildman–Crippen MR) is 111 cm³/mol. The smallest absolute Gasteiger partial charge is 0.259 e. The molecule has 0 unspecified atom stereocenters. The number of nitrogens with zero attached hydrogens (tertiary/aromatic N) is 2. The van der Waals surface area contributed by atoms with E-state index in [1.807, 2.05) is 48.5 Å². The van der Waals surface area contributed by atoms with Crippen LogP contribution in [0, 0.1) is 0 Å². The molecule has 0 atom stereocenters. The molecule has 0 radical (unpaired) electrons. The highest BCUT2D eigenvalue weighted by molar-refractivity contribution is 8.13. The zero-order chi connectivity index (χ0) is 18.7. The van der Waals surface area contributed by atoms with Gasteiger partial charge in [-0.1, -0.05) is 68.4 Å². The van der Waals surface area contributed by atoms with Gasteiger partial charge >= 0.3 is 0 Å². The van der Waals surface area contributed by atoms with Crippen LogP contribution in [0.4, 0.5) is 0 Å². The fourth-order valence-corrected chi connectivity index (χ4v) is 3.98. The van der Waals surface area contributed by atoms with E-state index in [9.17, 15) is 4.79 Å². The van der Waals surface area contributed by atoms with Gasteiger partial charge in [-0.2, -0.15) is 0 Å². The average Bonchev–Trinajstić information content (AvgIpc) is 3.07. The summed E-state index contributed by atoms with van der Waals surface area (Å²) in [7, 11) is 0. The molecule has 1 aliphatic heterocycles. The van der Waals surface area contributed by atoms with E-state index in [1.165, 1.54) is 5.56 Å². The minimum absolute atomic E-state index is 0.0142. The van der Waals surface area contributed by atoms with Crippen LogP contribution in [-0.4, -0.2) is 29.1 Å². The Bertz CT molecular complexity index is 825. The average molecular weight is 387 g/mol. The lowest BCUT2D eigenvalue weighted by molar-refractivity contribution is 0.0860. The van der Waals surface area contributed by atoms with E-state index in [1.54, 1.807) is 16.7 Å². The summed E-state index contributed by atoms with van der Waals surface area (Å²) >= 11 is 7.62. The van der Waals surface area contributed by atoms with Gasteiger partial charge in [0.2, 0.25) is 0 Å². The first-order chi connectivity index (χ1) is 12.3. The standard InChI is InChI=1S/C21H23ClN2OS/c1-21(2,3)17-9-7-16(8-10-17)19(25)24-12-11-23-20(24)26-14-15-5-4-6-18(22)13-15/h4-10,13H,11-12,14H2,1-3H3. The van der Waals surface area contributed by atoms with E-state index in [-0.39, 0.29) is 11.3 Å². The van der Waals surface area contributed by atoms with Gasteiger partial charge in [-0.05, 0) is 40.8 Å². The third-order valence-corrected chi connectivity index (χ3v) is 5.62. The summed E-state index contributed by atoms with van der Waals surface area (Å²) < 4.78 is 0. The molecule has 136 valence electrons. The minimum atomic E-state index is 0.0142. The molecule has 26 heavy (non-hydrogen) atoms. The number of amides is 1. The maximum Gasteiger partial charge on any atom is 0.259 e. The number of hydrogen-bond acceptors (Lipinski definition) is 3. The normalized spacial score (nSPS) is 14.5. The number of carbonyl (C=O) groups excluding carboxylic acids is 1. The zero-order valence-corrected chi connectivity index (χ0v) is 16.9. The van der Waals surface area contributed by atoms with Crippen LogP contribution in [0.2, 0.25) is 5.02 Å². The fourth-order valence-electron chi connectivity index (χ4n) is 2.78. The topological polar surface area (TPSA) is 32.7 Å². The van der Waals surface area contributed by atoms with Gasteiger partial charge in [0.25, 0.3) is 5.91 Å². The van der Waals surface area contributed by atoms with Crippen molar-refractivity contribution in [1.82, 2.24) is 4.90 Å². The van der Waals surface area contributed by atoms with Crippen molar-refractivity contribution >= 4 is 34.4 Å². The van der Waals surface area contributed by atoms with Crippen LogP contribution >= 0.6 is 23.4 Å². The van der Waals surface area contributed by atoms with Crippen LogP contribution in [-0.2, 0) is 11.2 Å². The molecule has 0 saturated heterocycles. The Morgan fingerprint density at radius 2 is 1.92 bits per heavy atom. The van der Waals surface area contributed by atoms with E-state index < -0.39 is 0 Å². The number of carbonyl (C=O) groups is 1. The van der Waals surface area contributed by atoms with Gasteiger partial charge in [0.05, 0.1) is 6.54 Å². The Balaban J connectivity index is 1.68. The van der Waals surface area contributed by atoms with Crippen molar-refractivity contribution in [2.24, 2.45) is 4.99 Å². The van der Waals surface area contributed by atoms with Crippen molar-refractivity contribution in [1.29, 1.82) is 0 Å². The molecule has 0 bridgehead atoms. The third-order valence-electron chi connectivity index (χ3n) is 4.30. The van der Waals surface area contributed by atoms with Crippen LogP contribution in [0.1, 0.15) is 42.3 Å². The first kappa shape index (κ1) is 19.0. The quantitative estimate of drug-likeness (QED) is 0.709. The Morgan fingerprint density at radius 3 is 2.58 bits per heavy atom. The number of amidine groups is 1. The summed E-state index contributed by atoms with van der Waals surface area (Å²) in [6.07, 6.45) is 0. The molecule has 0 spiro atoms. The maximum absolute atomic E-state index is 12.9. The molecular weight excluding hydrogens is 364 g/mol. The maximum atomic E-state index is 12.9. The number of rotatable bonds is 3. The van der Waals surface area contributed by atoms with Crippen LogP contribution in [0.15, 0.2) is 53.5 Å². The number of aliphatic imine (C=N–C) groups is 1. The highest BCUT2D eigenvalue weighted by atomic mass is 35.5. The number of halogens is 1. The number of thioether (sulfide) groups is 1. The van der Waals surface area contributed by atoms with Crippen LogP contribution in [0.5, 0.6) is 0 Å². The number of benzene rings is 2. The first-order valence-corrected chi connectivity index (χ1v) is 10.0. The lowest BCUT2D eigenvalue weighted by Gasteiger charge is -2.21. The minimum Gasteiger partial charge on any atom is -0.286 e. The summed E-state index contributed by atoms with van der Waals surface area (Å²) in [5.41, 5.74) is 3.13. The van der Waals surface area contributed by atoms with E-state index >= 15 is 0 Å². The van der Waals surface area contributed by atoms with Gasteiger partial charge in [0.1, 0.15) is 0 Å². The van der Waals surface area contributed by atoms with Crippen molar-refractivity contribution in [3.63, 3.8) is 0 Å². The van der Waals surface area contributed by atoms with Gasteiger partial charge in [-0.25, -0.2) is 0 Å². The molecule has 0 N–H and O–H groups in total. The van der Waals surface area contributed by atoms with E-state index in [0.29, 0.717) is 18.7 Å². The van der Waals surface area contributed by atoms with Crippen molar-refractivity contribution < 1.29 is 4.79 Å². The molecule has 5 heteroatoms. The Morgan fingerprint density at radius 1 is 1.19 bits per heavy atom. The highest BCUT2D eigenvalue weighted by Crippen LogP contribution is 2.25. The third kappa shape index (κ3) is 4.49. The van der Waals surface area contributed by atoms with Gasteiger partial charge in [-0.15, -0.1) is 0 Å². The number of hydrogen-bond donors (Lipinski definition) is 0. The lowest BCUT2D eigenvalue weighted by Crippen LogP contribution is -2.32. The van der Waals surface area contributed by atoms with Crippen molar-refractivity contribution in [3.8, 4) is 0 Å². The van der Waals surface area contributed by atoms with Gasteiger partial charge in [0, 0.05) is 22.9 Å². The van der Waals surface area contributed by atoms with Crippen molar-refractivity contribution in [3.05, 3.63) is 70.2 Å². The monoisotopic (exact) mass is 386 g/mol. The lowest BCUT2D eigenvalue weighted by atomic mass is 9.86. The SMILES string of the molecule is CC(C)(C)c1ccc(C(=O)N2CCN=C2SCc2cccc(Cl)c2)cc1. The van der Waals surface area contributed by atoms with Gasteiger partial charge < -0.3 is 0 Å². The molecule has 2 aromatic carbocycles. The molecule has 1 heterocycles. The Kier molecular flexibility index (Phi) is 5.73. The largest absolute Gasteiger partial charge is 0.286 e. The fraction of sp³-hybridized carbons (Fsp3) is 0.333. The molecule has 3 nitrogen and oxygen atoms in total. The van der Waals surface area contributed by atoms with Crippen LogP contribution in [0.3, 0.4) is 0 Å². The second-order valence-corrected chi connectivity index (χ2v) is 8.75. The summed E-state index contributed by atoms with van der Waals surface area (Å²) in [4.78, 5) is 19.2. The second kappa shape index (κ2) is 7.85. The highest BCUT2D eigenvalue weighted by Gasteiger charge is 2.25. The summed E-state index contributed by atoms with van der Waals surface area (Å²) in [5, 5.41) is 1.51. The first-order valence-electron chi connectivity index (χ1n) is 8.69. The summed E-state index contributed by atoms with van der Waals surface area (Å²) in [6.45, 7) is 7.80. The van der Waals surface area contributed by atoms with Crippen molar-refractivity contribution in [2.45, 2.75) is 31.9 Å². The molecule has 0 aromatic heterocycles. The predicted octanol–water partition coefficient (Wildman–Crippen LogP) is 5.38. The molecule has 0 aliphatic carbocycles. The summed E-state index contributed by atoms with van der Waals surface area (Å²) in [5.74, 6) is 0.756. The molecule has 2 aromatic rings. The Hall–Kier alpha value is -1.78. The van der Waals surface area contributed by atoms with E-state index in [4.69, 9.17) is 11.6 Å².